The Bertz CT molecular complexity index is 262. The molecule has 0 rings (SSSR count). The van der Waals surface area contributed by atoms with E-state index in [1.807, 2.05) is 7.05 Å². The van der Waals surface area contributed by atoms with Gasteiger partial charge in [0.25, 0.3) is 0 Å². The Morgan fingerprint density at radius 2 is 1.67 bits per heavy atom. The molecular formula is C12H24N2O2S2. The van der Waals surface area contributed by atoms with E-state index in [9.17, 15) is 9.59 Å². The first kappa shape index (κ1) is 17.8. The molecule has 0 aliphatic heterocycles. The maximum atomic E-state index is 11.6. The van der Waals surface area contributed by atoms with Crippen molar-refractivity contribution in [3.05, 3.63) is 0 Å². The van der Waals surface area contributed by atoms with Gasteiger partial charge in [-0.05, 0) is 39.8 Å². The fraction of sp³-hybridized carbons (Fsp3) is 0.833. The number of carbonyl (C=O) groups is 2. The van der Waals surface area contributed by atoms with E-state index in [2.05, 4.69) is 35.9 Å². The Balaban J connectivity index is 3.64. The van der Waals surface area contributed by atoms with Gasteiger partial charge in [0.15, 0.2) is 0 Å². The van der Waals surface area contributed by atoms with E-state index in [0.29, 0.717) is 19.4 Å². The van der Waals surface area contributed by atoms with Gasteiger partial charge in [0.1, 0.15) is 5.78 Å². The third-order valence-corrected chi connectivity index (χ3v) is 3.74. The second-order valence-electron chi connectivity index (χ2n) is 4.32. The van der Waals surface area contributed by atoms with Gasteiger partial charge in [-0.1, -0.05) is 6.42 Å². The average molecular weight is 292 g/mol. The molecule has 18 heavy (non-hydrogen) atoms. The van der Waals surface area contributed by atoms with Crippen LogP contribution in [0.25, 0.3) is 0 Å². The lowest BCUT2D eigenvalue weighted by Gasteiger charge is -2.12. The van der Waals surface area contributed by atoms with Gasteiger partial charge >= 0.3 is 0 Å². The highest BCUT2D eigenvalue weighted by Gasteiger charge is 2.14. The number of Topliss-reactive ketones (excluding diaryl/α,β-unsaturated/α-hetero) is 1. The Labute approximate surface area is 120 Å². The van der Waals surface area contributed by atoms with E-state index in [1.165, 1.54) is 6.92 Å². The predicted octanol–water partition coefficient (Wildman–Crippen LogP) is 1.07. The van der Waals surface area contributed by atoms with E-state index >= 15 is 0 Å². The van der Waals surface area contributed by atoms with Crippen molar-refractivity contribution in [2.24, 2.45) is 0 Å². The summed E-state index contributed by atoms with van der Waals surface area (Å²) in [5, 5.41) is 5.34. The molecule has 0 radical (unpaired) electrons. The molecule has 0 aromatic carbocycles. The van der Waals surface area contributed by atoms with Gasteiger partial charge in [0, 0.05) is 6.54 Å². The van der Waals surface area contributed by atoms with Crippen LogP contribution >= 0.6 is 25.3 Å². The van der Waals surface area contributed by atoms with Crippen LogP contribution in [-0.4, -0.2) is 42.3 Å². The van der Waals surface area contributed by atoms with Gasteiger partial charge in [-0.2, -0.15) is 25.3 Å². The standard InChI is InChI=1S/C12H24N2O2S2/c1-9(15)10(17)5-3-6-11(18)12(16)14-8-4-7-13-2/h10-11,13,17-18H,3-8H2,1-2H3,(H,14,16). The third-order valence-electron chi connectivity index (χ3n) is 2.63. The number of hydrogen-bond donors (Lipinski definition) is 4. The molecule has 4 nitrogen and oxygen atoms in total. The molecule has 0 saturated heterocycles. The molecule has 0 spiro atoms. The summed E-state index contributed by atoms with van der Waals surface area (Å²) in [7, 11) is 1.88. The molecule has 0 heterocycles. The van der Waals surface area contributed by atoms with Gasteiger partial charge < -0.3 is 10.6 Å². The van der Waals surface area contributed by atoms with Crippen molar-refractivity contribution in [2.75, 3.05) is 20.1 Å². The summed E-state index contributed by atoms with van der Waals surface area (Å²) in [6, 6.07) is 0. The van der Waals surface area contributed by atoms with Gasteiger partial charge in [-0.3, -0.25) is 9.59 Å². The number of rotatable bonds is 10. The van der Waals surface area contributed by atoms with E-state index < -0.39 is 0 Å². The molecule has 1 amide bonds. The molecule has 0 bridgehead atoms. The van der Waals surface area contributed by atoms with Crippen molar-refractivity contribution in [3.63, 3.8) is 0 Å². The molecule has 0 aromatic rings. The van der Waals surface area contributed by atoms with Crippen LogP contribution in [0.2, 0.25) is 0 Å². The fourth-order valence-electron chi connectivity index (χ4n) is 1.43. The third kappa shape index (κ3) is 8.83. The zero-order chi connectivity index (χ0) is 14.0. The van der Waals surface area contributed by atoms with Crippen LogP contribution in [0.15, 0.2) is 0 Å². The summed E-state index contributed by atoms with van der Waals surface area (Å²) >= 11 is 8.44. The normalized spacial score (nSPS) is 14.0. The first-order valence-electron chi connectivity index (χ1n) is 6.28. The molecule has 0 fully saturated rings. The number of nitrogens with one attached hydrogen (secondary N) is 2. The highest BCUT2D eigenvalue weighted by molar-refractivity contribution is 7.82. The number of carbonyl (C=O) groups excluding carboxylic acids is 2. The van der Waals surface area contributed by atoms with E-state index in [4.69, 9.17) is 0 Å². The molecule has 0 saturated carbocycles. The van der Waals surface area contributed by atoms with Gasteiger partial charge in [-0.25, -0.2) is 0 Å². The van der Waals surface area contributed by atoms with Crippen LogP contribution in [-0.2, 0) is 9.59 Å². The lowest BCUT2D eigenvalue weighted by molar-refractivity contribution is -0.120. The summed E-state index contributed by atoms with van der Waals surface area (Å²) < 4.78 is 0. The molecule has 106 valence electrons. The predicted molar refractivity (Wildman–Crippen MR) is 81.6 cm³/mol. The highest BCUT2D eigenvalue weighted by atomic mass is 32.1. The van der Waals surface area contributed by atoms with Crippen LogP contribution in [0.1, 0.15) is 32.6 Å². The van der Waals surface area contributed by atoms with Crippen LogP contribution in [0.5, 0.6) is 0 Å². The molecule has 2 unspecified atom stereocenters. The molecule has 2 atom stereocenters. The molecule has 0 aliphatic rings. The van der Waals surface area contributed by atoms with Crippen molar-refractivity contribution in [2.45, 2.75) is 43.1 Å². The SMILES string of the molecule is CNCCCNC(=O)C(S)CCCC(S)C(C)=O. The van der Waals surface area contributed by atoms with E-state index in [-0.39, 0.29) is 22.2 Å². The van der Waals surface area contributed by atoms with Crippen molar-refractivity contribution < 1.29 is 9.59 Å². The van der Waals surface area contributed by atoms with Crippen LogP contribution in [0.4, 0.5) is 0 Å². The van der Waals surface area contributed by atoms with Crippen molar-refractivity contribution in [1.82, 2.24) is 10.6 Å². The molecule has 6 heteroatoms. The first-order valence-corrected chi connectivity index (χ1v) is 7.31. The van der Waals surface area contributed by atoms with Crippen molar-refractivity contribution >= 4 is 36.9 Å². The number of thiol groups is 2. The van der Waals surface area contributed by atoms with Gasteiger partial charge in [0.2, 0.25) is 5.91 Å². The minimum atomic E-state index is -0.299. The number of amides is 1. The summed E-state index contributed by atoms with van der Waals surface area (Å²) in [5.74, 6) is 0.0403. The monoisotopic (exact) mass is 292 g/mol. The lowest BCUT2D eigenvalue weighted by atomic mass is 10.1. The maximum absolute atomic E-state index is 11.6. The van der Waals surface area contributed by atoms with Crippen LogP contribution in [0.3, 0.4) is 0 Å². The van der Waals surface area contributed by atoms with Crippen LogP contribution < -0.4 is 10.6 Å². The maximum Gasteiger partial charge on any atom is 0.232 e. The molecule has 0 aliphatic carbocycles. The fourth-order valence-corrected chi connectivity index (χ4v) is 1.89. The smallest absolute Gasteiger partial charge is 0.232 e. The largest absolute Gasteiger partial charge is 0.355 e. The van der Waals surface area contributed by atoms with Crippen molar-refractivity contribution in [1.29, 1.82) is 0 Å². The first-order chi connectivity index (χ1) is 8.49. The second-order valence-corrected chi connectivity index (χ2v) is 5.57. The topological polar surface area (TPSA) is 58.2 Å². The Hall–Kier alpha value is -0.200. The Morgan fingerprint density at radius 1 is 1.06 bits per heavy atom. The quantitative estimate of drug-likeness (QED) is 0.360. The summed E-state index contributed by atoms with van der Waals surface area (Å²) in [6.07, 6.45) is 3.06. The van der Waals surface area contributed by atoms with Crippen LogP contribution in [0, 0.1) is 0 Å². The Morgan fingerprint density at radius 3 is 2.22 bits per heavy atom. The average Bonchev–Trinajstić information content (AvgIpc) is 2.33. The van der Waals surface area contributed by atoms with E-state index in [0.717, 1.165) is 19.4 Å². The number of hydrogen-bond acceptors (Lipinski definition) is 5. The zero-order valence-corrected chi connectivity index (χ0v) is 12.9. The second kappa shape index (κ2) is 10.7. The van der Waals surface area contributed by atoms with E-state index in [1.54, 1.807) is 0 Å². The summed E-state index contributed by atoms with van der Waals surface area (Å²) in [5.41, 5.74) is 0. The van der Waals surface area contributed by atoms with Gasteiger partial charge in [-0.15, -0.1) is 0 Å². The summed E-state index contributed by atoms with van der Waals surface area (Å²) in [6.45, 7) is 3.08. The summed E-state index contributed by atoms with van der Waals surface area (Å²) in [4.78, 5) is 22.6. The molecule has 0 aromatic heterocycles. The highest BCUT2D eigenvalue weighted by Crippen LogP contribution is 2.12. The minimum Gasteiger partial charge on any atom is -0.355 e. The van der Waals surface area contributed by atoms with Gasteiger partial charge in [0.05, 0.1) is 10.5 Å². The Kier molecular flexibility index (Phi) is 10.6. The minimum absolute atomic E-state index is 0.0343. The molecule has 2 N–H and O–H groups in total. The number of ketones is 1. The lowest BCUT2D eigenvalue weighted by Crippen LogP contribution is -2.33. The zero-order valence-electron chi connectivity index (χ0n) is 11.1. The molecular weight excluding hydrogens is 268 g/mol. The van der Waals surface area contributed by atoms with Crippen molar-refractivity contribution in [3.8, 4) is 0 Å².